The summed E-state index contributed by atoms with van der Waals surface area (Å²) in [5, 5.41) is 35.1. The van der Waals surface area contributed by atoms with Gasteiger partial charge >= 0.3 is 5.97 Å². The Kier molecular flexibility index (Phi) is 4.29. The fourth-order valence-electron chi connectivity index (χ4n) is 4.73. The number of aryl methyl sites for hydroxylation is 1. The van der Waals surface area contributed by atoms with E-state index < -0.39 is 22.9 Å². The zero-order chi connectivity index (χ0) is 24.7. The van der Waals surface area contributed by atoms with Gasteiger partial charge in [-0.1, -0.05) is 0 Å². The normalized spacial score (nSPS) is 18.0. The van der Waals surface area contributed by atoms with E-state index in [-0.39, 0.29) is 45.3 Å². The van der Waals surface area contributed by atoms with Crippen LogP contribution in [-0.2, 0) is 5.41 Å². The van der Waals surface area contributed by atoms with Crippen molar-refractivity contribution >= 4 is 23.6 Å². The number of nitrogens with zero attached hydrogens (tertiary/aromatic N) is 2. The lowest BCUT2D eigenvalue weighted by atomic mass is 9.71. The van der Waals surface area contributed by atoms with E-state index in [1.165, 1.54) is 30.7 Å². The first kappa shape index (κ1) is 21.4. The van der Waals surface area contributed by atoms with Crippen LogP contribution in [0.15, 0.2) is 30.0 Å². The highest BCUT2D eigenvalue weighted by Crippen LogP contribution is 2.58. The van der Waals surface area contributed by atoms with Gasteiger partial charge in [0.1, 0.15) is 34.0 Å². The number of hydrogen-bond acceptors (Lipinski definition) is 7. The van der Waals surface area contributed by atoms with Crippen LogP contribution in [0.3, 0.4) is 0 Å². The van der Waals surface area contributed by atoms with Crippen LogP contribution in [0.1, 0.15) is 67.4 Å². The molecular weight excluding hydrogens is 440 g/mol. The van der Waals surface area contributed by atoms with Crippen LogP contribution in [0.2, 0.25) is 0 Å². The number of phenols is 2. The molecule has 2 aliphatic rings. The van der Waals surface area contributed by atoms with Crippen LogP contribution < -0.4 is 4.74 Å². The molecule has 0 saturated heterocycles. The fraction of sp³-hybridized carbons (Fsp3) is 0.200. The molecule has 1 aromatic heterocycles. The Morgan fingerprint density at radius 2 is 1.74 bits per heavy atom. The van der Waals surface area contributed by atoms with Crippen molar-refractivity contribution in [2.45, 2.75) is 33.1 Å². The Balaban J connectivity index is 1.75. The third-order valence-electron chi connectivity index (χ3n) is 6.60. The number of fused-ring (bicyclic) bond motifs is 4. The van der Waals surface area contributed by atoms with Gasteiger partial charge in [-0.15, -0.1) is 0 Å². The Labute approximate surface area is 193 Å². The highest BCUT2D eigenvalue weighted by molar-refractivity contribution is 6.14. The van der Waals surface area contributed by atoms with E-state index in [0.717, 1.165) is 0 Å². The number of carbonyl (C=O) groups is 3. The minimum absolute atomic E-state index is 0.0386. The van der Waals surface area contributed by atoms with Crippen molar-refractivity contribution in [1.82, 2.24) is 9.78 Å². The lowest BCUT2D eigenvalue weighted by molar-refractivity contribution is 0.0696. The highest BCUT2D eigenvalue weighted by Gasteiger charge is 2.55. The second kappa shape index (κ2) is 6.80. The third kappa shape index (κ3) is 2.54. The van der Waals surface area contributed by atoms with Crippen LogP contribution in [0.5, 0.6) is 17.2 Å². The van der Waals surface area contributed by atoms with Gasteiger partial charge in [-0.25, -0.2) is 9.48 Å². The maximum atomic E-state index is 13.9. The molecular formula is C25H20N2O7. The molecule has 5 rings (SSSR count). The summed E-state index contributed by atoms with van der Waals surface area (Å²) in [5.74, 6) is -2.46. The summed E-state index contributed by atoms with van der Waals surface area (Å²) >= 11 is 0. The number of carboxylic acids is 1. The molecule has 1 unspecified atom stereocenters. The largest absolute Gasteiger partial charge is 0.507 e. The summed E-state index contributed by atoms with van der Waals surface area (Å²) in [6.45, 7) is 6.02. The van der Waals surface area contributed by atoms with Gasteiger partial charge in [-0.3, -0.25) is 9.59 Å². The fourth-order valence-corrected chi connectivity index (χ4v) is 4.73. The first-order valence-electron chi connectivity index (χ1n) is 10.5. The molecule has 0 bridgehead atoms. The molecule has 3 N–H and O–H groups in total. The smallest absolute Gasteiger partial charge is 0.335 e. The minimum atomic E-state index is -1.43. The Morgan fingerprint density at radius 3 is 2.32 bits per heavy atom. The van der Waals surface area contributed by atoms with E-state index in [0.29, 0.717) is 22.6 Å². The van der Waals surface area contributed by atoms with E-state index in [1.54, 1.807) is 32.1 Å². The number of aromatic carboxylic acids is 1. The molecule has 1 aliphatic heterocycles. The molecule has 0 saturated carbocycles. The molecule has 0 fully saturated rings. The number of aromatic hydroxyl groups is 2. The van der Waals surface area contributed by atoms with Gasteiger partial charge in [0.15, 0.2) is 11.6 Å². The first-order valence-corrected chi connectivity index (χ1v) is 10.5. The standard InChI is InChI=1S/C25H20N2O7/c1-10-20(29)18(12(3)28)22-19(21(10)30)25(4)16(34-22)9-15-17(23(25)31)11(2)26-27(15)14-7-5-13(6-8-14)24(32)33/h5-9,29-30H,1-4H3,(H,32,33). The number of ketones is 2. The number of phenolic OH excluding ortho intramolecular Hbond substituents is 2. The molecule has 34 heavy (non-hydrogen) atoms. The van der Waals surface area contributed by atoms with E-state index >= 15 is 0 Å². The number of carbonyl (C=O) groups excluding carboxylic acids is 2. The molecule has 172 valence electrons. The number of carboxylic acid groups (broad SMARTS) is 1. The van der Waals surface area contributed by atoms with Gasteiger partial charge in [0.25, 0.3) is 0 Å². The molecule has 0 radical (unpaired) electrons. The zero-order valence-corrected chi connectivity index (χ0v) is 18.8. The molecule has 2 aromatic carbocycles. The summed E-state index contributed by atoms with van der Waals surface area (Å²) in [7, 11) is 0. The molecule has 0 amide bonds. The number of ether oxygens (including phenoxy) is 1. The Morgan fingerprint density at radius 1 is 1.09 bits per heavy atom. The molecule has 3 aromatic rings. The summed E-state index contributed by atoms with van der Waals surface area (Å²) < 4.78 is 7.50. The number of benzene rings is 2. The molecule has 0 spiro atoms. The van der Waals surface area contributed by atoms with Crippen LogP contribution in [0.4, 0.5) is 0 Å². The predicted molar refractivity (Wildman–Crippen MR) is 120 cm³/mol. The van der Waals surface area contributed by atoms with Gasteiger partial charge in [0.05, 0.1) is 33.8 Å². The van der Waals surface area contributed by atoms with Crippen molar-refractivity contribution in [3.05, 3.63) is 69.2 Å². The van der Waals surface area contributed by atoms with E-state index in [2.05, 4.69) is 5.10 Å². The first-order chi connectivity index (χ1) is 16.0. The zero-order valence-electron chi connectivity index (χ0n) is 18.8. The van der Waals surface area contributed by atoms with Crippen molar-refractivity contribution in [1.29, 1.82) is 0 Å². The maximum Gasteiger partial charge on any atom is 0.335 e. The lowest BCUT2D eigenvalue weighted by Gasteiger charge is -2.27. The lowest BCUT2D eigenvalue weighted by Crippen LogP contribution is -2.36. The van der Waals surface area contributed by atoms with Crippen molar-refractivity contribution < 1.29 is 34.4 Å². The minimum Gasteiger partial charge on any atom is -0.507 e. The summed E-state index contributed by atoms with van der Waals surface area (Å²) in [6, 6.07) is 6.04. The molecule has 9 heteroatoms. The molecule has 2 heterocycles. The predicted octanol–water partition coefficient (Wildman–Crippen LogP) is 3.69. The molecule has 1 atom stereocenters. The SMILES string of the molecule is CC(=O)c1c(O)c(C)c(O)c2c1OC1=Cc3c(c(C)nn3-c3ccc(C(=O)O)cc3)C(=O)C12C. The van der Waals surface area contributed by atoms with Crippen molar-refractivity contribution in [3.8, 4) is 22.9 Å². The van der Waals surface area contributed by atoms with Gasteiger partial charge in [-0.05, 0) is 52.0 Å². The van der Waals surface area contributed by atoms with Crippen LogP contribution in [0, 0.1) is 13.8 Å². The second-order valence-corrected chi connectivity index (χ2v) is 8.63. The topological polar surface area (TPSA) is 139 Å². The van der Waals surface area contributed by atoms with E-state index in [1.807, 2.05) is 0 Å². The number of rotatable bonds is 3. The summed E-state index contributed by atoms with van der Waals surface area (Å²) in [6.07, 6.45) is 1.62. The average molecular weight is 460 g/mol. The van der Waals surface area contributed by atoms with E-state index in [9.17, 15) is 24.6 Å². The van der Waals surface area contributed by atoms with Crippen LogP contribution in [-0.4, -0.2) is 42.6 Å². The number of aromatic nitrogens is 2. The van der Waals surface area contributed by atoms with Gasteiger partial charge in [0.2, 0.25) is 0 Å². The van der Waals surface area contributed by atoms with Crippen molar-refractivity contribution in [2.24, 2.45) is 0 Å². The Hall–Kier alpha value is -4.40. The Bertz CT molecular complexity index is 1490. The van der Waals surface area contributed by atoms with Gasteiger partial charge < -0.3 is 20.1 Å². The molecule has 1 aliphatic carbocycles. The van der Waals surface area contributed by atoms with Crippen molar-refractivity contribution in [2.75, 3.05) is 0 Å². The second-order valence-electron chi connectivity index (χ2n) is 8.63. The van der Waals surface area contributed by atoms with Crippen LogP contribution in [0.25, 0.3) is 11.8 Å². The van der Waals surface area contributed by atoms with Gasteiger partial charge in [0, 0.05) is 11.6 Å². The quantitative estimate of drug-likeness (QED) is 0.503. The average Bonchev–Trinajstić information content (AvgIpc) is 3.27. The van der Waals surface area contributed by atoms with Gasteiger partial charge in [-0.2, -0.15) is 5.10 Å². The molecule has 9 nitrogen and oxygen atoms in total. The number of hydrogen-bond donors (Lipinski definition) is 3. The van der Waals surface area contributed by atoms with E-state index in [4.69, 9.17) is 9.84 Å². The van der Waals surface area contributed by atoms with Crippen molar-refractivity contribution in [3.63, 3.8) is 0 Å². The highest BCUT2D eigenvalue weighted by atomic mass is 16.5. The number of allylic oxidation sites excluding steroid dienone is 1. The number of Topliss-reactive ketones (excluding diaryl/α,β-unsaturated/α-hetero) is 2. The van der Waals surface area contributed by atoms with Crippen LogP contribution >= 0.6 is 0 Å². The maximum absolute atomic E-state index is 13.9. The monoisotopic (exact) mass is 460 g/mol. The summed E-state index contributed by atoms with van der Waals surface area (Å²) in [4.78, 5) is 37.4. The third-order valence-corrected chi connectivity index (χ3v) is 6.60. The summed E-state index contributed by atoms with van der Waals surface area (Å²) in [5.41, 5.74) is 0.526.